The maximum atomic E-state index is 13.6. The number of hydrogen-bond acceptors (Lipinski definition) is 6. The molecule has 1 saturated heterocycles. The van der Waals surface area contributed by atoms with Gasteiger partial charge in [-0.25, -0.2) is 9.37 Å². The van der Waals surface area contributed by atoms with Gasteiger partial charge in [-0.15, -0.1) is 0 Å². The first-order valence-electron chi connectivity index (χ1n) is 11.6. The first-order valence-corrected chi connectivity index (χ1v) is 11.6. The Hall–Kier alpha value is -4.16. The molecule has 2 aromatic heterocycles. The van der Waals surface area contributed by atoms with Gasteiger partial charge in [0.1, 0.15) is 11.5 Å². The minimum atomic E-state index is -4.70. The number of likely N-dealkylation sites (tertiary alicyclic amines) is 1. The molecule has 13 heteroatoms. The summed E-state index contributed by atoms with van der Waals surface area (Å²) in [4.78, 5) is 32.0. The number of alkyl halides is 3. The van der Waals surface area contributed by atoms with Crippen molar-refractivity contribution in [3.63, 3.8) is 0 Å². The van der Waals surface area contributed by atoms with Crippen LogP contribution in [0.1, 0.15) is 44.4 Å². The molecule has 0 bridgehead atoms. The van der Waals surface area contributed by atoms with Crippen LogP contribution in [0.15, 0.2) is 42.6 Å². The Labute approximate surface area is 215 Å². The van der Waals surface area contributed by atoms with Gasteiger partial charge in [-0.05, 0) is 24.1 Å². The lowest BCUT2D eigenvalue weighted by molar-refractivity contribution is -0.141. The Morgan fingerprint density at radius 3 is 2.42 bits per heavy atom. The fourth-order valence-corrected chi connectivity index (χ4v) is 4.45. The minimum Gasteiger partial charge on any atom is -0.491 e. The molecule has 0 saturated carbocycles. The molecule has 38 heavy (non-hydrogen) atoms. The summed E-state index contributed by atoms with van der Waals surface area (Å²) in [7, 11) is 4.10. The Kier molecular flexibility index (Phi) is 7.56. The molecule has 4 rings (SSSR count). The highest BCUT2D eigenvalue weighted by atomic mass is 19.4. The first-order chi connectivity index (χ1) is 18.0. The van der Waals surface area contributed by atoms with Crippen LogP contribution in [0, 0.1) is 5.82 Å². The molecule has 1 aliphatic heterocycles. The number of carbonyl (C=O) groups is 2. The largest absolute Gasteiger partial charge is 0.491 e. The van der Waals surface area contributed by atoms with Gasteiger partial charge in [0.05, 0.1) is 19.8 Å². The van der Waals surface area contributed by atoms with Crippen LogP contribution < -0.4 is 14.8 Å². The average Bonchev–Trinajstić information content (AvgIpc) is 3.31. The Morgan fingerprint density at radius 2 is 1.82 bits per heavy atom. The number of piperidine rings is 1. The molecule has 9 nitrogen and oxygen atoms in total. The van der Waals surface area contributed by atoms with Gasteiger partial charge >= 0.3 is 6.18 Å². The molecule has 1 aromatic carbocycles. The smallest absolute Gasteiger partial charge is 0.435 e. The molecule has 2 atom stereocenters. The van der Waals surface area contributed by atoms with E-state index >= 15 is 0 Å². The number of amides is 2. The second-order valence-corrected chi connectivity index (χ2v) is 8.75. The molecule has 0 spiro atoms. The summed E-state index contributed by atoms with van der Waals surface area (Å²) in [6, 6.07) is 7.28. The predicted molar refractivity (Wildman–Crippen MR) is 126 cm³/mol. The van der Waals surface area contributed by atoms with Gasteiger partial charge in [0, 0.05) is 50.4 Å². The van der Waals surface area contributed by atoms with Gasteiger partial charge in [-0.3, -0.25) is 14.3 Å². The molecule has 3 heterocycles. The number of rotatable bonds is 6. The molecule has 202 valence electrons. The summed E-state index contributed by atoms with van der Waals surface area (Å²) in [5.74, 6) is -1.50. The Morgan fingerprint density at radius 1 is 1.11 bits per heavy atom. The van der Waals surface area contributed by atoms with Gasteiger partial charge in [0.2, 0.25) is 0 Å². The number of aromatic nitrogens is 3. The monoisotopic (exact) mass is 535 g/mol. The molecule has 0 unspecified atom stereocenters. The molecular weight excluding hydrogens is 510 g/mol. The molecule has 0 aliphatic carbocycles. The van der Waals surface area contributed by atoms with Gasteiger partial charge in [-0.2, -0.15) is 18.3 Å². The molecule has 1 N–H and O–H groups in total. The quantitative estimate of drug-likeness (QED) is 0.486. The molecule has 0 radical (unpaired) electrons. The van der Waals surface area contributed by atoms with Crippen LogP contribution in [0.25, 0.3) is 0 Å². The van der Waals surface area contributed by atoms with E-state index in [9.17, 15) is 27.2 Å². The highest BCUT2D eigenvalue weighted by molar-refractivity contribution is 5.95. The van der Waals surface area contributed by atoms with Crippen LogP contribution in [0.2, 0.25) is 0 Å². The highest BCUT2D eigenvalue weighted by Gasteiger charge is 2.37. The zero-order valence-corrected chi connectivity index (χ0v) is 20.8. The third-order valence-corrected chi connectivity index (χ3v) is 6.40. The van der Waals surface area contributed by atoms with Crippen molar-refractivity contribution in [2.24, 2.45) is 7.05 Å². The standard InChI is InChI=1S/C25H25F4N5O4/c1-33-19(11-21(32-33)25(27,28)29)22(35)31-18-8-9-34(13-17(18)14-4-6-16(26)7-5-14)24(36)15-10-20(37-2)23(38-3)30-12-15/h4-7,10-12,17-18H,8-9,13H2,1-3H3,(H,31,35)/t17-,18+/m0/s1. The van der Waals surface area contributed by atoms with E-state index in [2.05, 4.69) is 15.4 Å². The number of hydrogen-bond donors (Lipinski definition) is 1. The topological polar surface area (TPSA) is 98.6 Å². The summed E-state index contributed by atoms with van der Waals surface area (Å²) in [5, 5.41) is 6.18. The molecule has 2 amide bonds. The lowest BCUT2D eigenvalue weighted by atomic mass is 9.85. The summed E-state index contributed by atoms with van der Waals surface area (Å²) in [6.07, 6.45) is -3.03. The Balaban J connectivity index is 1.58. The third kappa shape index (κ3) is 5.55. The van der Waals surface area contributed by atoms with Crippen molar-refractivity contribution in [1.82, 2.24) is 25.0 Å². The zero-order chi connectivity index (χ0) is 27.6. The van der Waals surface area contributed by atoms with Crippen molar-refractivity contribution in [2.45, 2.75) is 24.6 Å². The number of nitrogens with one attached hydrogen (secondary N) is 1. The van der Waals surface area contributed by atoms with Crippen molar-refractivity contribution >= 4 is 11.8 Å². The SMILES string of the molecule is COc1cc(C(=O)N2CC[C@@H](NC(=O)c3cc(C(F)(F)F)nn3C)[C@H](c3ccc(F)cc3)C2)cnc1OC. The van der Waals surface area contributed by atoms with Crippen LogP contribution >= 0.6 is 0 Å². The van der Waals surface area contributed by atoms with Crippen molar-refractivity contribution < 1.29 is 36.6 Å². The van der Waals surface area contributed by atoms with Gasteiger partial charge < -0.3 is 19.7 Å². The molecular formula is C25H25F4N5O4. The molecule has 3 aromatic rings. The second-order valence-electron chi connectivity index (χ2n) is 8.75. The highest BCUT2D eigenvalue weighted by Crippen LogP contribution is 2.32. The van der Waals surface area contributed by atoms with Gasteiger partial charge in [0.15, 0.2) is 11.4 Å². The fraction of sp³-hybridized carbons (Fsp3) is 0.360. The predicted octanol–water partition coefficient (Wildman–Crippen LogP) is 3.42. The number of ether oxygens (including phenoxy) is 2. The lowest BCUT2D eigenvalue weighted by Gasteiger charge is -2.39. The maximum Gasteiger partial charge on any atom is 0.435 e. The normalized spacial score (nSPS) is 17.7. The van der Waals surface area contributed by atoms with Crippen molar-refractivity contribution in [1.29, 1.82) is 0 Å². The van der Waals surface area contributed by atoms with Crippen molar-refractivity contribution in [3.8, 4) is 11.6 Å². The van der Waals surface area contributed by atoms with E-state index in [4.69, 9.17) is 9.47 Å². The number of halogens is 4. The minimum absolute atomic E-state index is 0.156. The number of aryl methyl sites for hydroxylation is 1. The third-order valence-electron chi connectivity index (χ3n) is 6.40. The van der Waals surface area contributed by atoms with Gasteiger partial charge in [-0.1, -0.05) is 12.1 Å². The zero-order valence-electron chi connectivity index (χ0n) is 20.8. The van der Waals surface area contributed by atoms with E-state index in [0.717, 1.165) is 4.68 Å². The molecule has 1 aliphatic rings. The average molecular weight is 535 g/mol. The Bertz CT molecular complexity index is 1330. The summed E-state index contributed by atoms with van der Waals surface area (Å²) in [5.41, 5.74) is -0.521. The lowest BCUT2D eigenvalue weighted by Crippen LogP contribution is -2.51. The summed E-state index contributed by atoms with van der Waals surface area (Å²) in [6.45, 7) is 0.401. The van der Waals surface area contributed by atoms with E-state index in [1.165, 1.54) is 45.7 Å². The summed E-state index contributed by atoms with van der Waals surface area (Å²) >= 11 is 0. The van der Waals surface area contributed by atoms with Crippen LogP contribution in [0.4, 0.5) is 17.6 Å². The first kappa shape index (κ1) is 26.9. The van der Waals surface area contributed by atoms with Crippen molar-refractivity contribution in [2.75, 3.05) is 27.3 Å². The number of pyridine rings is 1. The number of nitrogens with zero attached hydrogens (tertiary/aromatic N) is 4. The molecule has 1 fully saturated rings. The van der Waals surface area contributed by atoms with Crippen molar-refractivity contribution in [3.05, 3.63) is 70.9 Å². The number of carbonyl (C=O) groups excluding carboxylic acids is 2. The number of methoxy groups -OCH3 is 2. The van der Waals surface area contributed by atoms with Crippen LogP contribution in [0.5, 0.6) is 11.6 Å². The fourth-order valence-electron chi connectivity index (χ4n) is 4.45. The van der Waals surface area contributed by atoms with Gasteiger partial charge in [0.25, 0.3) is 17.7 Å². The van der Waals surface area contributed by atoms with Crippen LogP contribution in [0.3, 0.4) is 0 Å². The maximum absolute atomic E-state index is 13.6. The summed E-state index contributed by atoms with van der Waals surface area (Å²) < 4.78 is 64.1. The van der Waals surface area contributed by atoms with Crippen LogP contribution in [-0.2, 0) is 13.2 Å². The second kappa shape index (κ2) is 10.7. The number of benzene rings is 1. The van der Waals surface area contributed by atoms with E-state index in [1.54, 1.807) is 17.0 Å². The van der Waals surface area contributed by atoms with E-state index < -0.39 is 35.6 Å². The van der Waals surface area contributed by atoms with Crippen LogP contribution in [-0.4, -0.2) is 64.8 Å². The van der Waals surface area contributed by atoms with E-state index in [1.807, 2.05) is 0 Å². The van der Waals surface area contributed by atoms with E-state index in [-0.39, 0.29) is 41.9 Å². The van der Waals surface area contributed by atoms with E-state index in [0.29, 0.717) is 18.1 Å².